The number of hydrogen-bond acceptors (Lipinski definition) is 7. The van der Waals surface area contributed by atoms with Crippen molar-refractivity contribution in [3.63, 3.8) is 0 Å². The van der Waals surface area contributed by atoms with Crippen LogP contribution in [0, 0.1) is 5.92 Å². The predicted octanol–water partition coefficient (Wildman–Crippen LogP) is 2.28. The van der Waals surface area contributed by atoms with Gasteiger partial charge in [0.05, 0.1) is 20.8 Å². The summed E-state index contributed by atoms with van der Waals surface area (Å²) in [6.07, 6.45) is 6.42. The van der Waals surface area contributed by atoms with E-state index in [0.29, 0.717) is 4.88 Å². The number of fused-ring (bicyclic) bond motifs is 1. The van der Waals surface area contributed by atoms with Gasteiger partial charge in [-0.2, -0.15) is 0 Å². The Morgan fingerprint density at radius 2 is 2.06 bits per heavy atom. The molecule has 168 valence electrons. The first-order valence-electron chi connectivity index (χ1n) is 10.8. The molecule has 3 fully saturated rings. The van der Waals surface area contributed by atoms with E-state index in [-0.39, 0.29) is 36.7 Å². The molecule has 2 aliphatic heterocycles. The van der Waals surface area contributed by atoms with Gasteiger partial charge in [0, 0.05) is 12.7 Å². The average molecular weight is 475 g/mol. The lowest BCUT2D eigenvalue weighted by Crippen LogP contribution is -2.54. The number of ketones is 1. The van der Waals surface area contributed by atoms with Crippen molar-refractivity contribution in [1.29, 1.82) is 0 Å². The highest BCUT2D eigenvalue weighted by Crippen LogP contribution is 2.35. The molecule has 2 amide bonds. The van der Waals surface area contributed by atoms with Crippen molar-refractivity contribution in [2.75, 3.05) is 13.2 Å². The Bertz CT molecular complexity index is 1030. The first kappa shape index (κ1) is 21.5. The Morgan fingerprint density at radius 1 is 1.25 bits per heavy atom. The maximum Gasteiger partial charge on any atom is 0.262 e. The highest BCUT2D eigenvalue weighted by atomic mass is 35.5. The number of alkyl halides is 1. The van der Waals surface area contributed by atoms with Gasteiger partial charge in [-0.3, -0.25) is 14.4 Å². The molecule has 1 N–H and O–H groups in total. The van der Waals surface area contributed by atoms with Crippen LogP contribution in [0.25, 0.3) is 10.6 Å². The largest absolute Gasteiger partial charge is 0.366 e. The minimum atomic E-state index is -0.689. The third-order valence-electron chi connectivity index (χ3n) is 6.49. The molecular weight excluding hydrogens is 452 g/mol. The Labute approximate surface area is 194 Å². The van der Waals surface area contributed by atoms with Gasteiger partial charge < -0.3 is 15.0 Å². The van der Waals surface area contributed by atoms with Crippen molar-refractivity contribution in [2.45, 2.75) is 49.2 Å². The fourth-order valence-corrected chi connectivity index (χ4v) is 6.17. The standard InChI is InChI=1S/C22H23ClN4O4S/c23-13-9-27(19-15(28)10-31-20(13)19)22(30)18(12-3-1-2-4-12)26-21(29)17-6-5-16(32-17)14-7-8-24-11-25-14/h5-8,11-13,18-20H,1-4,9-10H2,(H,26,29). The molecule has 4 heterocycles. The van der Waals surface area contributed by atoms with Crippen molar-refractivity contribution in [3.05, 3.63) is 35.6 Å². The minimum Gasteiger partial charge on any atom is -0.366 e. The van der Waals surface area contributed by atoms with E-state index >= 15 is 0 Å². The van der Waals surface area contributed by atoms with E-state index in [1.165, 1.54) is 22.6 Å². The van der Waals surface area contributed by atoms with Crippen molar-refractivity contribution in [2.24, 2.45) is 5.92 Å². The number of thiophene rings is 1. The number of amides is 2. The normalized spacial score (nSPS) is 26.3. The highest BCUT2D eigenvalue weighted by Gasteiger charge is 2.53. The number of Topliss-reactive ketones (excluding diaryl/α,β-unsaturated/α-hetero) is 1. The summed E-state index contributed by atoms with van der Waals surface area (Å²) >= 11 is 7.69. The molecule has 0 bridgehead atoms. The van der Waals surface area contributed by atoms with Gasteiger partial charge in [-0.15, -0.1) is 22.9 Å². The van der Waals surface area contributed by atoms with Gasteiger partial charge in [-0.05, 0) is 37.0 Å². The van der Waals surface area contributed by atoms with Crippen molar-refractivity contribution in [1.82, 2.24) is 20.2 Å². The fraction of sp³-hybridized carbons (Fsp3) is 0.500. The van der Waals surface area contributed by atoms with Crippen LogP contribution in [0.2, 0.25) is 0 Å². The molecule has 5 rings (SSSR count). The van der Waals surface area contributed by atoms with Crippen LogP contribution in [0.3, 0.4) is 0 Å². The summed E-state index contributed by atoms with van der Waals surface area (Å²) in [4.78, 5) is 50.1. The summed E-state index contributed by atoms with van der Waals surface area (Å²) in [5, 5.41) is 2.55. The van der Waals surface area contributed by atoms with E-state index in [2.05, 4.69) is 15.3 Å². The lowest BCUT2D eigenvalue weighted by atomic mass is 9.96. The lowest BCUT2D eigenvalue weighted by Gasteiger charge is -2.30. The number of nitrogens with one attached hydrogen (secondary N) is 1. The lowest BCUT2D eigenvalue weighted by molar-refractivity contribution is -0.139. The van der Waals surface area contributed by atoms with Gasteiger partial charge in [-0.25, -0.2) is 9.97 Å². The van der Waals surface area contributed by atoms with Gasteiger partial charge in [0.1, 0.15) is 31.1 Å². The second-order valence-electron chi connectivity index (χ2n) is 8.45. The van der Waals surface area contributed by atoms with Gasteiger partial charge >= 0.3 is 0 Å². The summed E-state index contributed by atoms with van der Waals surface area (Å²) in [5.74, 6) is -0.628. The van der Waals surface area contributed by atoms with Crippen LogP contribution < -0.4 is 5.32 Å². The van der Waals surface area contributed by atoms with E-state index in [4.69, 9.17) is 16.3 Å². The van der Waals surface area contributed by atoms with Crippen LogP contribution in [-0.4, -0.2) is 69.2 Å². The quantitative estimate of drug-likeness (QED) is 0.667. The van der Waals surface area contributed by atoms with E-state index in [1.807, 2.05) is 6.07 Å². The number of aromatic nitrogens is 2. The zero-order chi connectivity index (χ0) is 22.2. The smallest absolute Gasteiger partial charge is 0.262 e. The monoisotopic (exact) mass is 474 g/mol. The fourth-order valence-electron chi connectivity index (χ4n) is 4.92. The number of rotatable bonds is 5. The zero-order valence-electron chi connectivity index (χ0n) is 17.3. The summed E-state index contributed by atoms with van der Waals surface area (Å²) in [5.41, 5.74) is 0.739. The highest BCUT2D eigenvalue weighted by molar-refractivity contribution is 7.17. The number of ether oxygens (including phenoxy) is 1. The Morgan fingerprint density at radius 3 is 2.81 bits per heavy atom. The van der Waals surface area contributed by atoms with Crippen molar-refractivity contribution in [3.8, 4) is 10.6 Å². The van der Waals surface area contributed by atoms with Crippen molar-refractivity contribution >= 4 is 40.5 Å². The SMILES string of the molecule is O=C(NC(C(=O)N1CC(Cl)C2OCC(=O)C21)C1CCCC1)c1ccc(-c2ccncn2)s1. The Hall–Kier alpha value is -2.36. The molecule has 8 nitrogen and oxygen atoms in total. The Kier molecular flexibility index (Phi) is 5.96. The molecule has 10 heteroatoms. The van der Waals surface area contributed by atoms with E-state index < -0.39 is 23.6 Å². The third-order valence-corrected chi connectivity index (χ3v) is 7.99. The predicted molar refractivity (Wildman–Crippen MR) is 118 cm³/mol. The van der Waals surface area contributed by atoms with E-state index in [0.717, 1.165) is 36.3 Å². The van der Waals surface area contributed by atoms with E-state index in [1.54, 1.807) is 18.3 Å². The van der Waals surface area contributed by atoms with Gasteiger partial charge in [-0.1, -0.05) is 12.8 Å². The second kappa shape index (κ2) is 8.88. The van der Waals surface area contributed by atoms with E-state index in [9.17, 15) is 14.4 Å². The molecule has 32 heavy (non-hydrogen) atoms. The maximum absolute atomic E-state index is 13.6. The summed E-state index contributed by atoms with van der Waals surface area (Å²) in [6.45, 7) is 0.223. The topological polar surface area (TPSA) is 101 Å². The second-order valence-corrected chi connectivity index (χ2v) is 10.1. The van der Waals surface area contributed by atoms with Crippen LogP contribution in [0.4, 0.5) is 0 Å². The molecule has 4 unspecified atom stereocenters. The molecule has 1 saturated carbocycles. The Balaban J connectivity index is 1.36. The van der Waals surface area contributed by atoms with Crippen molar-refractivity contribution < 1.29 is 19.1 Å². The molecule has 2 saturated heterocycles. The molecule has 0 aromatic carbocycles. The van der Waals surface area contributed by atoms with Crippen LogP contribution >= 0.6 is 22.9 Å². The van der Waals surface area contributed by atoms with Gasteiger partial charge in [0.15, 0.2) is 5.78 Å². The summed E-state index contributed by atoms with van der Waals surface area (Å²) < 4.78 is 5.51. The molecule has 2 aromatic heterocycles. The first-order valence-corrected chi connectivity index (χ1v) is 12.0. The number of carbonyl (C=O) groups is 3. The maximum atomic E-state index is 13.6. The van der Waals surface area contributed by atoms with Crippen LogP contribution in [0.15, 0.2) is 30.7 Å². The van der Waals surface area contributed by atoms with Gasteiger partial charge in [0.2, 0.25) is 5.91 Å². The van der Waals surface area contributed by atoms with Crippen LogP contribution in [0.5, 0.6) is 0 Å². The number of halogens is 1. The molecule has 3 aliphatic rings. The van der Waals surface area contributed by atoms with Crippen LogP contribution in [-0.2, 0) is 14.3 Å². The molecule has 1 aliphatic carbocycles. The average Bonchev–Trinajstić information content (AvgIpc) is 3.59. The number of nitrogens with zero attached hydrogens (tertiary/aromatic N) is 3. The summed E-state index contributed by atoms with van der Waals surface area (Å²) in [6, 6.07) is 4.02. The summed E-state index contributed by atoms with van der Waals surface area (Å²) in [7, 11) is 0. The number of likely N-dealkylation sites (tertiary alicyclic amines) is 1. The number of carbonyl (C=O) groups excluding carboxylic acids is 3. The molecular formula is C22H23ClN4O4S. The number of hydrogen-bond donors (Lipinski definition) is 1. The third kappa shape index (κ3) is 3.93. The molecule has 4 atom stereocenters. The zero-order valence-corrected chi connectivity index (χ0v) is 18.8. The molecule has 0 radical (unpaired) electrons. The minimum absolute atomic E-state index is 0.0240. The molecule has 0 spiro atoms. The molecule has 2 aromatic rings. The van der Waals surface area contributed by atoms with Crippen LogP contribution in [0.1, 0.15) is 35.4 Å². The van der Waals surface area contributed by atoms with Gasteiger partial charge in [0.25, 0.3) is 5.91 Å². The first-order chi connectivity index (χ1) is 15.5.